The molecule has 0 saturated heterocycles. The number of para-hydroxylation sites is 1. The number of hydrogen-bond acceptors (Lipinski definition) is 2. The van der Waals surface area contributed by atoms with E-state index in [1.54, 1.807) is 18.2 Å². The molecule has 0 atom stereocenters. The van der Waals surface area contributed by atoms with E-state index >= 15 is 0 Å². The highest BCUT2D eigenvalue weighted by molar-refractivity contribution is 6.32. The summed E-state index contributed by atoms with van der Waals surface area (Å²) in [4.78, 5) is 0. The van der Waals surface area contributed by atoms with E-state index in [1.807, 2.05) is 0 Å². The minimum atomic E-state index is -4.35. The second kappa shape index (κ2) is 6.37. The largest absolute Gasteiger partial charge is 0.487 e. The molecule has 0 aliphatic heterocycles. The highest BCUT2D eigenvalue weighted by Gasteiger charge is 2.29. The van der Waals surface area contributed by atoms with Crippen molar-refractivity contribution in [3.05, 3.63) is 64.2 Å². The first-order chi connectivity index (χ1) is 9.91. The van der Waals surface area contributed by atoms with Crippen LogP contribution in [0.1, 0.15) is 16.7 Å². The average Bonchev–Trinajstić information content (AvgIpc) is 2.45. The van der Waals surface area contributed by atoms with Gasteiger partial charge in [-0.1, -0.05) is 35.9 Å². The molecule has 0 spiro atoms. The third-order valence-electron chi connectivity index (χ3n) is 2.88. The van der Waals surface area contributed by atoms with Gasteiger partial charge in [0.2, 0.25) is 0 Å². The molecule has 21 heavy (non-hydrogen) atoms. The van der Waals surface area contributed by atoms with E-state index in [4.69, 9.17) is 16.3 Å². The van der Waals surface area contributed by atoms with Gasteiger partial charge in [-0.15, -0.1) is 0 Å². The van der Waals surface area contributed by atoms with Gasteiger partial charge in [0, 0.05) is 5.56 Å². The molecule has 0 unspecified atom stereocenters. The average molecular weight is 317 g/mol. The Labute approximate surface area is 124 Å². The lowest BCUT2D eigenvalue weighted by Gasteiger charge is -2.12. The molecule has 1 N–H and O–H groups in total. The Morgan fingerprint density at radius 3 is 2.29 bits per heavy atom. The predicted molar refractivity (Wildman–Crippen MR) is 73.2 cm³/mol. The van der Waals surface area contributed by atoms with Gasteiger partial charge in [0.05, 0.1) is 17.2 Å². The summed E-state index contributed by atoms with van der Waals surface area (Å²) >= 11 is 5.97. The summed E-state index contributed by atoms with van der Waals surface area (Å²) in [6.07, 6.45) is -4.35. The van der Waals surface area contributed by atoms with Crippen molar-refractivity contribution < 1.29 is 23.0 Å². The van der Waals surface area contributed by atoms with Crippen LogP contribution >= 0.6 is 11.6 Å². The van der Waals surface area contributed by atoms with E-state index in [9.17, 15) is 18.3 Å². The fraction of sp³-hybridized carbons (Fsp3) is 0.200. The Morgan fingerprint density at radius 2 is 1.71 bits per heavy atom. The molecule has 0 radical (unpaired) electrons. The van der Waals surface area contributed by atoms with Gasteiger partial charge in [-0.05, 0) is 23.8 Å². The zero-order valence-electron chi connectivity index (χ0n) is 10.8. The van der Waals surface area contributed by atoms with E-state index in [0.29, 0.717) is 21.9 Å². The van der Waals surface area contributed by atoms with E-state index in [0.717, 1.165) is 12.1 Å². The summed E-state index contributed by atoms with van der Waals surface area (Å²) in [5.41, 5.74) is 0.390. The van der Waals surface area contributed by atoms with Crippen molar-refractivity contribution in [3.63, 3.8) is 0 Å². The SMILES string of the molecule is OCc1cccc(Cl)c1OCc1ccc(C(F)(F)F)cc1. The van der Waals surface area contributed by atoms with Gasteiger partial charge in [0.1, 0.15) is 12.4 Å². The van der Waals surface area contributed by atoms with E-state index in [-0.39, 0.29) is 13.2 Å². The third kappa shape index (κ3) is 3.89. The molecular weight excluding hydrogens is 305 g/mol. The minimum Gasteiger partial charge on any atom is -0.487 e. The van der Waals surface area contributed by atoms with Crippen molar-refractivity contribution in [1.29, 1.82) is 0 Å². The Balaban J connectivity index is 2.10. The minimum absolute atomic E-state index is 0.0644. The van der Waals surface area contributed by atoms with Gasteiger partial charge in [-0.2, -0.15) is 13.2 Å². The zero-order valence-corrected chi connectivity index (χ0v) is 11.6. The summed E-state index contributed by atoms with van der Waals surface area (Å²) < 4.78 is 42.8. The van der Waals surface area contributed by atoms with Crippen LogP contribution in [0.2, 0.25) is 5.02 Å². The van der Waals surface area contributed by atoms with Crippen LogP contribution in [-0.4, -0.2) is 5.11 Å². The van der Waals surface area contributed by atoms with Gasteiger partial charge in [0.25, 0.3) is 0 Å². The fourth-order valence-electron chi connectivity index (χ4n) is 1.79. The molecule has 0 aliphatic rings. The Kier molecular flexibility index (Phi) is 4.75. The maximum atomic E-state index is 12.4. The molecule has 112 valence electrons. The first kappa shape index (κ1) is 15.7. The smallest absolute Gasteiger partial charge is 0.416 e. The van der Waals surface area contributed by atoms with E-state index < -0.39 is 11.7 Å². The molecule has 2 nitrogen and oxygen atoms in total. The first-order valence-corrected chi connectivity index (χ1v) is 6.47. The molecule has 0 amide bonds. The maximum Gasteiger partial charge on any atom is 0.416 e. The standard InChI is InChI=1S/C15H12ClF3O2/c16-13-3-1-2-11(8-20)14(13)21-9-10-4-6-12(7-5-10)15(17,18)19/h1-7,20H,8-9H2. The van der Waals surface area contributed by atoms with Crippen LogP contribution in [0.25, 0.3) is 0 Å². The number of hydrogen-bond donors (Lipinski definition) is 1. The number of aliphatic hydroxyl groups excluding tert-OH is 1. The van der Waals surface area contributed by atoms with Gasteiger partial charge in [-0.3, -0.25) is 0 Å². The number of aliphatic hydroxyl groups is 1. The Bertz CT molecular complexity index is 609. The molecule has 2 aromatic carbocycles. The van der Waals surface area contributed by atoms with E-state index in [1.165, 1.54) is 12.1 Å². The van der Waals surface area contributed by atoms with Gasteiger partial charge < -0.3 is 9.84 Å². The molecule has 0 aliphatic carbocycles. The molecule has 2 rings (SSSR count). The second-order valence-electron chi connectivity index (χ2n) is 4.37. The molecule has 0 heterocycles. The highest BCUT2D eigenvalue weighted by atomic mass is 35.5. The monoisotopic (exact) mass is 316 g/mol. The quantitative estimate of drug-likeness (QED) is 0.904. The van der Waals surface area contributed by atoms with Gasteiger partial charge in [0.15, 0.2) is 0 Å². The molecular formula is C15H12ClF3O2. The second-order valence-corrected chi connectivity index (χ2v) is 4.78. The molecule has 0 aromatic heterocycles. The lowest BCUT2D eigenvalue weighted by Crippen LogP contribution is -2.05. The van der Waals surface area contributed by atoms with Crippen LogP contribution in [0.5, 0.6) is 5.75 Å². The van der Waals surface area contributed by atoms with Gasteiger partial charge in [-0.25, -0.2) is 0 Å². The molecule has 6 heteroatoms. The van der Waals surface area contributed by atoms with Crippen LogP contribution in [0.4, 0.5) is 13.2 Å². The zero-order chi connectivity index (χ0) is 15.5. The number of halogens is 4. The molecule has 0 fully saturated rings. The number of ether oxygens (including phenoxy) is 1. The van der Waals surface area contributed by atoms with Crippen LogP contribution in [0.3, 0.4) is 0 Å². The van der Waals surface area contributed by atoms with Crippen molar-refractivity contribution in [3.8, 4) is 5.75 Å². The Hall–Kier alpha value is -1.72. The number of rotatable bonds is 4. The number of benzene rings is 2. The maximum absolute atomic E-state index is 12.4. The summed E-state index contributed by atoms with van der Waals surface area (Å²) in [6.45, 7) is -0.169. The predicted octanol–water partition coefficient (Wildman–Crippen LogP) is 4.43. The highest BCUT2D eigenvalue weighted by Crippen LogP contribution is 2.31. The van der Waals surface area contributed by atoms with Crippen LogP contribution in [-0.2, 0) is 19.4 Å². The number of alkyl halides is 3. The van der Waals surface area contributed by atoms with Crippen molar-refractivity contribution in [1.82, 2.24) is 0 Å². The lowest BCUT2D eigenvalue weighted by molar-refractivity contribution is -0.137. The summed E-state index contributed by atoms with van der Waals surface area (Å²) in [6, 6.07) is 9.64. The van der Waals surface area contributed by atoms with Crippen LogP contribution < -0.4 is 4.74 Å². The summed E-state index contributed by atoms with van der Waals surface area (Å²) in [5, 5.41) is 9.54. The Morgan fingerprint density at radius 1 is 1.05 bits per heavy atom. The van der Waals surface area contributed by atoms with Crippen molar-refractivity contribution in [2.45, 2.75) is 19.4 Å². The third-order valence-corrected chi connectivity index (χ3v) is 3.18. The first-order valence-electron chi connectivity index (χ1n) is 6.09. The van der Waals surface area contributed by atoms with Gasteiger partial charge >= 0.3 is 6.18 Å². The van der Waals surface area contributed by atoms with Crippen LogP contribution in [0, 0.1) is 0 Å². The van der Waals surface area contributed by atoms with Crippen molar-refractivity contribution >= 4 is 11.6 Å². The summed E-state index contributed by atoms with van der Waals surface area (Å²) in [5.74, 6) is 0.335. The molecule has 2 aromatic rings. The van der Waals surface area contributed by atoms with E-state index in [2.05, 4.69) is 0 Å². The fourth-order valence-corrected chi connectivity index (χ4v) is 2.03. The van der Waals surface area contributed by atoms with Crippen LogP contribution in [0.15, 0.2) is 42.5 Å². The van der Waals surface area contributed by atoms with Crippen molar-refractivity contribution in [2.75, 3.05) is 0 Å². The lowest BCUT2D eigenvalue weighted by atomic mass is 10.1. The molecule has 0 saturated carbocycles. The topological polar surface area (TPSA) is 29.5 Å². The normalized spacial score (nSPS) is 11.5. The summed E-state index contributed by atoms with van der Waals surface area (Å²) in [7, 11) is 0. The van der Waals surface area contributed by atoms with Crippen molar-refractivity contribution in [2.24, 2.45) is 0 Å². The molecule has 0 bridgehead atoms.